The van der Waals surface area contributed by atoms with E-state index in [1.165, 1.54) is 11.1 Å². The molecule has 0 unspecified atom stereocenters. The molecule has 0 aliphatic rings. The lowest BCUT2D eigenvalue weighted by Crippen LogP contribution is -2.25. The molecule has 1 N–H and O–H groups in total. The quantitative estimate of drug-likeness (QED) is 0.688. The Bertz CT molecular complexity index is 909. The van der Waals surface area contributed by atoms with Crippen molar-refractivity contribution >= 4 is 5.82 Å². The average molecular weight is 359 g/mol. The summed E-state index contributed by atoms with van der Waals surface area (Å²) in [4.78, 5) is 8.43. The third-order valence-electron chi connectivity index (χ3n) is 3.73. The van der Waals surface area contributed by atoms with Crippen LogP contribution >= 0.6 is 0 Å². The zero-order valence-electron chi connectivity index (χ0n) is 15.8. The number of pyridine rings is 1. The van der Waals surface area contributed by atoms with Crippen LogP contribution in [0.1, 0.15) is 18.1 Å². The van der Waals surface area contributed by atoms with Crippen molar-refractivity contribution in [2.45, 2.75) is 19.9 Å². The van der Waals surface area contributed by atoms with Crippen LogP contribution in [0.25, 0.3) is 0 Å². The first kappa shape index (κ1) is 19.9. The van der Waals surface area contributed by atoms with Gasteiger partial charge >= 0.3 is 0 Å². The fourth-order valence-electron chi connectivity index (χ4n) is 2.49. The van der Waals surface area contributed by atoms with Gasteiger partial charge in [-0.15, -0.1) is 12.3 Å². The predicted molar refractivity (Wildman–Crippen MR) is 110 cm³/mol. The van der Waals surface area contributed by atoms with Gasteiger partial charge in [-0.2, -0.15) is 5.10 Å². The number of hydrogen-bond acceptors (Lipinski definition) is 4. The molecule has 0 spiro atoms. The third kappa shape index (κ3) is 6.79. The Morgan fingerprint density at radius 1 is 1.07 bits per heavy atom. The van der Waals surface area contributed by atoms with E-state index in [-0.39, 0.29) is 0 Å². The maximum atomic E-state index is 4.67. The number of nitrogens with one attached hydrogen (secondary N) is 1. The van der Waals surface area contributed by atoms with Crippen molar-refractivity contribution < 1.29 is 0 Å². The highest BCUT2D eigenvalue weighted by molar-refractivity contribution is 5.32. The highest BCUT2D eigenvalue weighted by atomic mass is 15.3. The smallest absolute Gasteiger partial charge is 0.146 e. The molecule has 5 heteroatoms. The molecule has 0 saturated heterocycles. The van der Waals surface area contributed by atoms with E-state index in [2.05, 4.69) is 50.9 Å². The van der Waals surface area contributed by atoms with Gasteiger partial charge in [0.05, 0.1) is 6.54 Å². The first-order chi connectivity index (χ1) is 13.3. The van der Waals surface area contributed by atoms with E-state index >= 15 is 0 Å². The summed E-state index contributed by atoms with van der Waals surface area (Å²) in [5.41, 5.74) is 3.27. The molecule has 0 aliphatic carbocycles. The number of aromatic nitrogens is 3. The zero-order chi connectivity index (χ0) is 19.3. The minimum Gasteiger partial charge on any atom is -0.368 e. The Hall–Kier alpha value is -3.39. The standard InChI is InChI=1S/C19H21N5.C3H4/c1-20-19-10-9-18(22-13-11-16-8-5-12-21-14-16)23-24(19)15-17-6-3-2-4-7-17;1-3-2/h2-10,12,14H,11,13,15H2,1H3,(H,22,23);1H,2H3. The van der Waals surface area contributed by atoms with E-state index in [1.54, 1.807) is 20.2 Å². The van der Waals surface area contributed by atoms with Crippen LogP contribution in [-0.4, -0.2) is 28.4 Å². The number of hydrogen-bond donors (Lipinski definition) is 1. The molecule has 0 saturated carbocycles. The molecule has 3 rings (SSSR count). The maximum Gasteiger partial charge on any atom is 0.146 e. The lowest BCUT2D eigenvalue weighted by atomic mass is 10.2. The van der Waals surface area contributed by atoms with Crippen LogP contribution < -0.4 is 10.8 Å². The van der Waals surface area contributed by atoms with E-state index in [0.717, 1.165) is 24.3 Å². The Labute approximate surface area is 160 Å². The lowest BCUT2D eigenvalue weighted by molar-refractivity contribution is 0.627. The second-order valence-corrected chi connectivity index (χ2v) is 5.77. The van der Waals surface area contributed by atoms with Crippen LogP contribution in [0.4, 0.5) is 5.82 Å². The molecular weight excluding hydrogens is 334 g/mol. The summed E-state index contributed by atoms with van der Waals surface area (Å²) in [6.07, 6.45) is 9.19. The predicted octanol–water partition coefficient (Wildman–Crippen LogP) is 3.15. The van der Waals surface area contributed by atoms with E-state index in [0.29, 0.717) is 6.54 Å². The SMILES string of the molecule is C#CC.CN=c1ccc(NCCc2cccnc2)nn1Cc1ccccc1. The van der Waals surface area contributed by atoms with Gasteiger partial charge < -0.3 is 5.32 Å². The maximum absolute atomic E-state index is 4.67. The van der Waals surface area contributed by atoms with Crippen molar-refractivity contribution in [1.82, 2.24) is 14.8 Å². The van der Waals surface area contributed by atoms with E-state index in [1.807, 2.05) is 47.3 Å². The minimum atomic E-state index is 0.700. The molecule has 138 valence electrons. The van der Waals surface area contributed by atoms with Gasteiger partial charge in [0, 0.05) is 26.0 Å². The average Bonchev–Trinajstić information content (AvgIpc) is 2.70. The molecular formula is C22H25N5. The highest BCUT2D eigenvalue weighted by Crippen LogP contribution is 2.04. The van der Waals surface area contributed by atoms with Crippen molar-refractivity contribution in [1.29, 1.82) is 0 Å². The van der Waals surface area contributed by atoms with Crippen molar-refractivity contribution in [2.75, 3.05) is 18.9 Å². The van der Waals surface area contributed by atoms with Gasteiger partial charge in [0.2, 0.25) is 0 Å². The first-order valence-corrected chi connectivity index (χ1v) is 8.82. The molecule has 1 aromatic carbocycles. The van der Waals surface area contributed by atoms with Gasteiger partial charge in [0.15, 0.2) is 0 Å². The van der Waals surface area contributed by atoms with Crippen LogP contribution in [0, 0.1) is 12.3 Å². The summed E-state index contributed by atoms with van der Waals surface area (Å²) in [6, 6.07) is 18.3. The monoisotopic (exact) mass is 359 g/mol. The second kappa shape index (κ2) is 11.3. The van der Waals surface area contributed by atoms with E-state index in [9.17, 15) is 0 Å². The third-order valence-corrected chi connectivity index (χ3v) is 3.73. The minimum absolute atomic E-state index is 0.700. The molecule has 5 nitrogen and oxygen atoms in total. The van der Waals surface area contributed by atoms with Gasteiger partial charge in [0.25, 0.3) is 0 Å². The molecule has 3 aromatic rings. The molecule has 0 radical (unpaired) electrons. The number of rotatable bonds is 6. The summed E-state index contributed by atoms with van der Waals surface area (Å²) in [6.45, 7) is 3.16. The van der Waals surface area contributed by atoms with Gasteiger partial charge in [-0.1, -0.05) is 36.4 Å². The Morgan fingerprint density at radius 2 is 1.81 bits per heavy atom. The van der Waals surface area contributed by atoms with E-state index in [4.69, 9.17) is 0 Å². The first-order valence-electron chi connectivity index (χ1n) is 8.82. The molecule has 0 bridgehead atoms. The van der Waals surface area contributed by atoms with Crippen LogP contribution in [0.5, 0.6) is 0 Å². The van der Waals surface area contributed by atoms with Gasteiger partial charge in [-0.05, 0) is 42.7 Å². The number of benzene rings is 1. The van der Waals surface area contributed by atoms with Crippen LogP contribution in [0.2, 0.25) is 0 Å². The molecule has 0 atom stereocenters. The van der Waals surface area contributed by atoms with Gasteiger partial charge in [-0.3, -0.25) is 9.98 Å². The lowest BCUT2D eigenvalue weighted by Gasteiger charge is -2.10. The van der Waals surface area contributed by atoms with Crippen molar-refractivity contribution in [3.63, 3.8) is 0 Å². The fourth-order valence-corrected chi connectivity index (χ4v) is 2.49. The van der Waals surface area contributed by atoms with Crippen molar-refractivity contribution in [3.05, 3.63) is 83.6 Å². The topological polar surface area (TPSA) is 55.1 Å². The summed E-state index contributed by atoms with van der Waals surface area (Å²) in [5.74, 6) is 3.10. The molecule has 27 heavy (non-hydrogen) atoms. The van der Waals surface area contributed by atoms with Crippen molar-refractivity contribution in [3.8, 4) is 12.3 Å². The highest BCUT2D eigenvalue weighted by Gasteiger charge is 2.01. The summed E-state index contributed by atoms with van der Waals surface area (Å²) in [7, 11) is 1.79. The van der Waals surface area contributed by atoms with Gasteiger partial charge in [-0.25, -0.2) is 4.68 Å². The summed E-state index contributed by atoms with van der Waals surface area (Å²) >= 11 is 0. The fraction of sp³-hybridized carbons (Fsp3) is 0.227. The number of anilines is 1. The number of terminal acetylenes is 1. The Balaban J connectivity index is 0.000000817. The van der Waals surface area contributed by atoms with E-state index < -0.39 is 0 Å². The summed E-state index contributed by atoms with van der Waals surface area (Å²) < 4.78 is 1.92. The van der Waals surface area contributed by atoms with Crippen LogP contribution in [-0.2, 0) is 13.0 Å². The molecule has 0 fully saturated rings. The molecule has 2 heterocycles. The molecule has 2 aromatic heterocycles. The molecule has 0 amide bonds. The Morgan fingerprint density at radius 3 is 2.48 bits per heavy atom. The normalized spacial score (nSPS) is 10.5. The van der Waals surface area contributed by atoms with Gasteiger partial charge in [0.1, 0.15) is 11.3 Å². The summed E-state index contributed by atoms with van der Waals surface area (Å²) in [5, 5.41) is 8.04. The zero-order valence-corrected chi connectivity index (χ0v) is 15.8. The largest absolute Gasteiger partial charge is 0.368 e. The molecule has 0 aliphatic heterocycles. The van der Waals surface area contributed by atoms with Crippen LogP contribution in [0.3, 0.4) is 0 Å². The van der Waals surface area contributed by atoms with Crippen molar-refractivity contribution in [2.24, 2.45) is 4.99 Å². The second-order valence-electron chi connectivity index (χ2n) is 5.77. The van der Waals surface area contributed by atoms with Crippen LogP contribution in [0.15, 0.2) is 72.0 Å². The number of nitrogens with zero attached hydrogens (tertiary/aromatic N) is 4. The Kier molecular flexibility index (Phi) is 8.32.